The van der Waals surface area contributed by atoms with Gasteiger partial charge in [0.25, 0.3) is 0 Å². The second-order valence-electron chi connectivity index (χ2n) is 4.95. The molecule has 0 aliphatic carbocycles. The van der Waals surface area contributed by atoms with Crippen LogP contribution < -0.4 is 5.73 Å². The van der Waals surface area contributed by atoms with Crippen molar-refractivity contribution in [3.05, 3.63) is 23.2 Å². The van der Waals surface area contributed by atoms with Crippen LogP contribution in [0, 0.1) is 6.92 Å². The molecule has 1 aliphatic heterocycles. The minimum atomic E-state index is 0.295. The molecule has 2 unspecified atom stereocenters. The molecule has 0 bridgehead atoms. The van der Waals surface area contributed by atoms with Crippen molar-refractivity contribution in [2.75, 3.05) is 13.1 Å². The van der Waals surface area contributed by atoms with Gasteiger partial charge < -0.3 is 14.9 Å². The largest absolute Gasteiger partial charge is 0.465 e. The number of aryl methyl sites for hydroxylation is 1. The maximum atomic E-state index is 5.72. The Labute approximate surface area is 103 Å². The molecule has 17 heavy (non-hydrogen) atoms. The van der Waals surface area contributed by atoms with E-state index in [4.69, 9.17) is 14.9 Å². The third-order valence-corrected chi connectivity index (χ3v) is 3.17. The summed E-state index contributed by atoms with van der Waals surface area (Å²) >= 11 is 0. The number of hydrogen-bond donors (Lipinski definition) is 1. The number of ether oxygens (including phenoxy) is 1. The van der Waals surface area contributed by atoms with Crippen LogP contribution in [-0.4, -0.2) is 30.2 Å². The Hall–Kier alpha value is -0.840. The Kier molecular flexibility index (Phi) is 3.86. The molecule has 2 N–H and O–H groups in total. The Bertz CT molecular complexity index is 365. The van der Waals surface area contributed by atoms with Gasteiger partial charge >= 0.3 is 0 Å². The quantitative estimate of drug-likeness (QED) is 0.870. The van der Waals surface area contributed by atoms with E-state index in [1.54, 1.807) is 0 Å². The van der Waals surface area contributed by atoms with Gasteiger partial charge in [-0.15, -0.1) is 0 Å². The normalized spacial score (nSPS) is 26.4. The molecule has 0 amide bonds. The van der Waals surface area contributed by atoms with E-state index in [9.17, 15) is 0 Å². The van der Waals surface area contributed by atoms with Crippen molar-refractivity contribution in [2.24, 2.45) is 5.73 Å². The van der Waals surface area contributed by atoms with Crippen molar-refractivity contribution >= 4 is 0 Å². The molecule has 1 aromatic rings. The number of morpholine rings is 1. The fourth-order valence-corrected chi connectivity index (χ4v) is 2.50. The van der Waals surface area contributed by atoms with Gasteiger partial charge in [0.15, 0.2) is 0 Å². The standard InChI is InChI=1S/C13H22N2O2/c1-9-6-15(7-10(2)16-9)8-13-4-12(5-14)11(3)17-13/h4,9-10H,5-8,14H2,1-3H3. The van der Waals surface area contributed by atoms with E-state index < -0.39 is 0 Å². The van der Waals surface area contributed by atoms with Gasteiger partial charge in [0.1, 0.15) is 11.5 Å². The van der Waals surface area contributed by atoms with E-state index in [0.717, 1.165) is 36.7 Å². The second kappa shape index (κ2) is 5.21. The first-order chi connectivity index (χ1) is 8.08. The van der Waals surface area contributed by atoms with E-state index >= 15 is 0 Å². The predicted octanol–water partition coefficient (Wildman–Crippen LogP) is 1.66. The zero-order valence-electron chi connectivity index (χ0n) is 10.9. The molecular weight excluding hydrogens is 216 g/mol. The van der Waals surface area contributed by atoms with Crippen molar-refractivity contribution in [3.8, 4) is 0 Å². The topological polar surface area (TPSA) is 51.6 Å². The van der Waals surface area contributed by atoms with Crippen LogP contribution in [0.2, 0.25) is 0 Å². The summed E-state index contributed by atoms with van der Waals surface area (Å²) in [5.41, 5.74) is 6.75. The third kappa shape index (κ3) is 3.09. The second-order valence-corrected chi connectivity index (χ2v) is 4.95. The molecule has 0 saturated carbocycles. The van der Waals surface area contributed by atoms with Gasteiger partial charge in [-0.25, -0.2) is 0 Å². The molecule has 2 atom stereocenters. The number of nitrogens with two attached hydrogens (primary N) is 1. The first-order valence-electron chi connectivity index (χ1n) is 6.24. The molecule has 0 radical (unpaired) electrons. The van der Waals surface area contributed by atoms with Crippen LogP contribution in [0.5, 0.6) is 0 Å². The maximum Gasteiger partial charge on any atom is 0.118 e. The smallest absolute Gasteiger partial charge is 0.118 e. The van der Waals surface area contributed by atoms with Gasteiger partial charge in [-0.1, -0.05) is 0 Å². The third-order valence-electron chi connectivity index (χ3n) is 3.17. The van der Waals surface area contributed by atoms with Crippen LogP contribution in [0.3, 0.4) is 0 Å². The Balaban J connectivity index is 1.99. The van der Waals surface area contributed by atoms with Crippen molar-refractivity contribution in [1.29, 1.82) is 0 Å². The van der Waals surface area contributed by atoms with E-state index in [1.165, 1.54) is 0 Å². The number of furan rings is 1. The first-order valence-corrected chi connectivity index (χ1v) is 6.24. The van der Waals surface area contributed by atoms with Crippen molar-refractivity contribution in [3.63, 3.8) is 0 Å². The molecule has 0 aromatic carbocycles. The van der Waals surface area contributed by atoms with E-state index in [-0.39, 0.29) is 0 Å². The van der Waals surface area contributed by atoms with Crippen LogP contribution in [0.4, 0.5) is 0 Å². The molecule has 0 spiro atoms. The molecule has 1 fully saturated rings. The summed E-state index contributed by atoms with van der Waals surface area (Å²) in [7, 11) is 0. The molecule has 1 aliphatic rings. The van der Waals surface area contributed by atoms with Gasteiger partial charge in [-0.2, -0.15) is 0 Å². The summed E-state index contributed by atoms with van der Waals surface area (Å²) in [6.07, 6.45) is 0.590. The highest BCUT2D eigenvalue weighted by atomic mass is 16.5. The molecule has 4 heteroatoms. The van der Waals surface area contributed by atoms with E-state index in [0.29, 0.717) is 18.8 Å². The highest BCUT2D eigenvalue weighted by molar-refractivity contribution is 5.20. The summed E-state index contributed by atoms with van der Waals surface area (Å²) in [5, 5.41) is 0. The van der Waals surface area contributed by atoms with Crippen LogP contribution in [-0.2, 0) is 17.8 Å². The lowest BCUT2D eigenvalue weighted by Crippen LogP contribution is -2.44. The lowest BCUT2D eigenvalue weighted by Gasteiger charge is -2.34. The van der Waals surface area contributed by atoms with Crippen LogP contribution >= 0.6 is 0 Å². The van der Waals surface area contributed by atoms with Crippen LogP contribution in [0.25, 0.3) is 0 Å². The summed E-state index contributed by atoms with van der Waals surface area (Å²) in [5.74, 6) is 1.95. The van der Waals surface area contributed by atoms with Crippen LogP contribution in [0.15, 0.2) is 10.5 Å². The molecule has 1 aromatic heterocycles. The maximum absolute atomic E-state index is 5.72. The van der Waals surface area contributed by atoms with Crippen molar-refractivity contribution in [2.45, 2.75) is 46.1 Å². The molecule has 4 nitrogen and oxygen atoms in total. The van der Waals surface area contributed by atoms with Gasteiger partial charge in [-0.3, -0.25) is 4.90 Å². The molecule has 96 valence electrons. The average molecular weight is 238 g/mol. The average Bonchev–Trinajstić information content (AvgIpc) is 2.57. The van der Waals surface area contributed by atoms with Crippen LogP contribution in [0.1, 0.15) is 30.9 Å². The Morgan fingerprint density at radius 2 is 2.00 bits per heavy atom. The van der Waals surface area contributed by atoms with Gasteiger partial charge in [0, 0.05) is 25.2 Å². The number of nitrogens with zero attached hydrogens (tertiary/aromatic N) is 1. The highest BCUT2D eigenvalue weighted by Crippen LogP contribution is 2.18. The Morgan fingerprint density at radius 3 is 2.53 bits per heavy atom. The van der Waals surface area contributed by atoms with Gasteiger partial charge in [-0.05, 0) is 26.8 Å². The number of hydrogen-bond acceptors (Lipinski definition) is 4. The SMILES string of the molecule is Cc1oc(CN2CC(C)OC(C)C2)cc1CN. The lowest BCUT2D eigenvalue weighted by atomic mass is 10.2. The summed E-state index contributed by atoms with van der Waals surface area (Å²) in [4.78, 5) is 2.37. The van der Waals surface area contributed by atoms with E-state index in [1.807, 2.05) is 6.92 Å². The van der Waals surface area contributed by atoms with Crippen molar-refractivity contribution in [1.82, 2.24) is 4.90 Å². The summed E-state index contributed by atoms with van der Waals surface area (Å²) < 4.78 is 11.4. The lowest BCUT2D eigenvalue weighted by molar-refractivity contribution is -0.0718. The zero-order valence-corrected chi connectivity index (χ0v) is 10.9. The molecule has 2 rings (SSSR count). The monoisotopic (exact) mass is 238 g/mol. The molecule has 2 heterocycles. The predicted molar refractivity (Wildman–Crippen MR) is 66.6 cm³/mol. The minimum Gasteiger partial charge on any atom is -0.465 e. The minimum absolute atomic E-state index is 0.295. The molecule has 1 saturated heterocycles. The van der Waals surface area contributed by atoms with Gasteiger partial charge in [0.05, 0.1) is 18.8 Å². The Morgan fingerprint density at radius 1 is 1.35 bits per heavy atom. The number of rotatable bonds is 3. The molecular formula is C13H22N2O2. The zero-order chi connectivity index (χ0) is 12.4. The van der Waals surface area contributed by atoms with E-state index in [2.05, 4.69) is 24.8 Å². The fourth-order valence-electron chi connectivity index (χ4n) is 2.50. The van der Waals surface area contributed by atoms with Gasteiger partial charge in [0.2, 0.25) is 0 Å². The summed E-state index contributed by atoms with van der Waals surface area (Å²) in [6.45, 7) is 9.51. The summed E-state index contributed by atoms with van der Waals surface area (Å²) in [6, 6.07) is 2.07. The highest BCUT2D eigenvalue weighted by Gasteiger charge is 2.23. The first kappa shape index (κ1) is 12.6. The van der Waals surface area contributed by atoms with Crippen molar-refractivity contribution < 1.29 is 9.15 Å². The fraction of sp³-hybridized carbons (Fsp3) is 0.692.